The van der Waals surface area contributed by atoms with E-state index in [1.807, 2.05) is 0 Å². The lowest BCUT2D eigenvalue weighted by molar-refractivity contribution is 0.105. The molecule has 2 heterocycles. The molecule has 3 unspecified atom stereocenters. The minimum absolute atomic E-state index is 0.271. The van der Waals surface area contributed by atoms with Gasteiger partial charge in [-0.15, -0.1) is 0 Å². The van der Waals surface area contributed by atoms with E-state index < -0.39 is 0 Å². The number of fused-ring (bicyclic) bond motifs is 1. The number of nitrogens with one attached hydrogen (secondary N) is 1. The lowest BCUT2D eigenvalue weighted by Gasteiger charge is -2.48. The first-order valence-corrected chi connectivity index (χ1v) is 9.82. The van der Waals surface area contributed by atoms with Gasteiger partial charge in [0.05, 0.1) is 0 Å². The molecule has 25 heavy (non-hydrogen) atoms. The Hall–Kier alpha value is -1.80. The van der Waals surface area contributed by atoms with Crippen molar-refractivity contribution in [1.29, 1.82) is 0 Å². The molecular formula is C23H28N2. The minimum Gasteiger partial charge on any atom is -0.367 e. The van der Waals surface area contributed by atoms with Crippen LogP contribution in [0.1, 0.15) is 38.7 Å². The number of hydrogen-bond donors (Lipinski definition) is 1. The Bertz CT molecular complexity index is 786. The Balaban J connectivity index is 1.64. The van der Waals surface area contributed by atoms with Crippen LogP contribution >= 0.6 is 0 Å². The predicted molar refractivity (Wildman–Crippen MR) is 103 cm³/mol. The van der Waals surface area contributed by atoms with E-state index in [0.29, 0.717) is 12.0 Å². The lowest BCUT2D eigenvalue weighted by Crippen LogP contribution is -2.49. The highest BCUT2D eigenvalue weighted by atomic mass is 15.2. The molecule has 1 aromatic carbocycles. The summed E-state index contributed by atoms with van der Waals surface area (Å²) in [6.45, 7) is 8.19. The lowest BCUT2D eigenvalue weighted by atomic mass is 9.65. The highest BCUT2D eigenvalue weighted by molar-refractivity contribution is 5.55. The van der Waals surface area contributed by atoms with Crippen molar-refractivity contribution in [2.24, 2.45) is 11.3 Å². The van der Waals surface area contributed by atoms with E-state index in [9.17, 15) is 0 Å². The maximum absolute atomic E-state index is 3.69. The smallest absolute Gasteiger partial charge is 0.0429 e. The van der Waals surface area contributed by atoms with Gasteiger partial charge in [-0.3, -0.25) is 0 Å². The van der Waals surface area contributed by atoms with Crippen molar-refractivity contribution in [3.63, 3.8) is 0 Å². The van der Waals surface area contributed by atoms with Gasteiger partial charge in [0.1, 0.15) is 0 Å². The van der Waals surface area contributed by atoms with E-state index in [4.69, 9.17) is 0 Å². The molecule has 2 aliphatic heterocycles. The molecule has 2 aliphatic carbocycles. The topological polar surface area (TPSA) is 15.3 Å². The molecule has 0 saturated heterocycles. The van der Waals surface area contributed by atoms with Crippen LogP contribution in [-0.2, 0) is 6.54 Å². The van der Waals surface area contributed by atoms with Gasteiger partial charge in [-0.05, 0) is 41.9 Å². The summed E-state index contributed by atoms with van der Waals surface area (Å²) in [7, 11) is 0. The van der Waals surface area contributed by atoms with E-state index in [2.05, 4.69) is 66.5 Å². The molecule has 5 bridgehead atoms. The van der Waals surface area contributed by atoms with Gasteiger partial charge in [0, 0.05) is 36.8 Å². The van der Waals surface area contributed by atoms with Crippen LogP contribution in [0.25, 0.3) is 0 Å². The first-order valence-electron chi connectivity index (χ1n) is 9.82. The molecule has 130 valence electrons. The SMILES string of the molecule is CC1C2CC3=C(CCC4=C3/C=C\CNCC41C)N2Cc1ccccc1. The summed E-state index contributed by atoms with van der Waals surface area (Å²) >= 11 is 0. The number of benzene rings is 1. The van der Waals surface area contributed by atoms with Crippen molar-refractivity contribution >= 4 is 0 Å². The number of hydrogen-bond acceptors (Lipinski definition) is 2. The van der Waals surface area contributed by atoms with Crippen molar-refractivity contribution < 1.29 is 0 Å². The largest absolute Gasteiger partial charge is 0.367 e. The van der Waals surface area contributed by atoms with E-state index in [1.54, 1.807) is 22.4 Å². The van der Waals surface area contributed by atoms with Gasteiger partial charge >= 0.3 is 0 Å². The molecule has 3 atom stereocenters. The molecule has 2 nitrogen and oxygen atoms in total. The van der Waals surface area contributed by atoms with Gasteiger partial charge in [0.2, 0.25) is 0 Å². The van der Waals surface area contributed by atoms with E-state index in [1.165, 1.54) is 24.8 Å². The molecule has 0 radical (unpaired) electrons. The average Bonchev–Trinajstić information content (AvgIpc) is 2.95. The van der Waals surface area contributed by atoms with Crippen LogP contribution in [-0.4, -0.2) is 24.0 Å². The van der Waals surface area contributed by atoms with Crippen LogP contribution in [0, 0.1) is 11.3 Å². The fourth-order valence-electron chi connectivity index (χ4n) is 5.72. The Morgan fingerprint density at radius 2 is 2.04 bits per heavy atom. The van der Waals surface area contributed by atoms with Gasteiger partial charge in [-0.2, -0.15) is 0 Å². The maximum Gasteiger partial charge on any atom is 0.0429 e. The zero-order valence-electron chi connectivity index (χ0n) is 15.4. The molecule has 1 aromatic rings. The van der Waals surface area contributed by atoms with Crippen molar-refractivity contribution in [2.45, 2.75) is 45.7 Å². The molecule has 0 saturated carbocycles. The molecule has 1 N–H and O–H groups in total. The zero-order chi connectivity index (χ0) is 17.0. The van der Waals surface area contributed by atoms with E-state index >= 15 is 0 Å². The monoisotopic (exact) mass is 332 g/mol. The van der Waals surface area contributed by atoms with Crippen LogP contribution in [0.5, 0.6) is 0 Å². The second-order valence-electron chi connectivity index (χ2n) is 8.44. The standard InChI is InChI=1S/C23H28N2/c1-16-22-13-19-18-9-6-12-24-15-23(16,2)20(18)10-11-21(19)25(22)14-17-7-4-3-5-8-17/h3-9,16,22,24H,10-15H2,1-2H3/b9-6-. The first kappa shape index (κ1) is 15.5. The Morgan fingerprint density at radius 3 is 2.88 bits per heavy atom. The Morgan fingerprint density at radius 1 is 1.20 bits per heavy atom. The Labute approximate surface area is 151 Å². The quantitative estimate of drug-likeness (QED) is 0.862. The predicted octanol–water partition coefficient (Wildman–Crippen LogP) is 4.42. The normalized spacial score (nSPS) is 34.9. The average molecular weight is 332 g/mol. The Kier molecular flexibility index (Phi) is 3.46. The third kappa shape index (κ3) is 2.20. The van der Waals surface area contributed by atoms with Gasteiger partial charge in [0.25, 0.3) is 0 Å². The molecule has 2 heteroatoms. The first-order chi connectivity index (χ1) is 12.2. The van der Waals surface area contributed by atoms with Crippen molar-refractivity contribution in [3.8, 4) is 0 Å². The summed E-state index contributed by atoms with van der Waals surface area (Å²) in [6, 6.07) is 11.7. The van der Waals surface area contributed by atoms with Crippen LogP contribution < -0.4 is 5.32 Å². The van der Waals surface area contributed by atoms with Crippen molar-refractivity contribution in [2.75, 3.05) is 13.1 Å². The van der Waals surface area contributed by atoms with E-state index in [0.717, 1.165) is 19.6 Å². The molecule has 4 aliphatic rings. The molecule has 0 aromatic heterocycles. The third-order valence-corrected chi connectivity index (χ3v) is 7.28. The molecular weight excluding hydrogens is 304 g/mol. The summed E-state index contributed by atoms with van der Waals surface area (Å²) < 4.78 is 0. The number of allylic oxidation sites excluding steroid dienone is 3. The van der Waals surface area contributed by atoms with Gasteiger partial charge < -0.3 is 10.2 Å². The van der Waals surface area contributed by atoms with Gasteiger partial charge in [-0.1, -0.05) is 61.9 Å². The van der Waals surface area contributed by atoms with Crippen LogP contribution in [0.15, 0.2) is 64.9 Å². The van der Waals surface area contributed by atoms with Crippen molar-refractivity contribution in [3.05, 3.63) is 70.5 Å². The second kappa shape index (κ2) is 5.60. The summed E-state index contributed by atoms with van der Waals surface area (Å²) in [5.41, 5.74) is 8.33. The molecule has 0 fully saturated rings. The van der Waals surface area contributed by atoms with Crippen LogP contribution in [0.4, 0.5) is 0 Å². The van der Waals surface area contributed by atoms with Gasteiger partial charge in [-0.25, -0.2) is 0 Å². The summed E-state index contributed by atoms with van der Waals surface area (Å²) in [4.78, 5) is 2.76. The molecule has 5 rings (SSSR count). The maximum atomic E-state index is 3.69. The zero-order valence-corrected chi connectivity index (χ0v) is 15.4. The summed E-state index contributed by atoms with van der Waals surface area (Å²) in [6.07, 6.45) is 8.46. The second-order valence-corrected chi connectivity index (χ2v) is 8.44. The summed E-state index contributed by atoms with van der Waals surface area (Å²) in [5.74, 6) is 0.663. The van der Waals surface area contributed by atoms with Crippen LogP contribution in [0.2, 0.25) is 0 Å². The number of nitrogens with zero attached hydrogens (tertiary/aromatic N) is 1. The fourth-order valence-corrected chi connectivity index (χ4v) is 5.72. The van der Waals surface area contributed by atoms with E-state index in [-0.39, 0.29) is 5.41 Å². The highest BCUT2D eigenvalue weighted by Crippen LogP contribution is 2.56. The number of likely N-dealkylation sites (tertiary alicyclic amines) is 1. The summed E-state index contributed by atoms with van der Waals surface area (Å²) in [5, 5.41) is 3.69. The molecule has 0 spiro atoms. The minimum atomic E-state index is 0.271. The molecule has 0 amide bonds. The fraction of sp³-hybridized carbons (Fsp3) is 0.478. The van der Waals surface area contributed by atoms with Crippen LogP contribution in [0.3, 0.4) is 0 Å². The third-order valence-electron chi connectivity index (χ3n) is 7.28. The van der Waals surface area contributed by atoms with Gasteiger partial charge in [0.15, 0.2) is 0 Å². The number of rotatable bonds is 2. The highest BCUT2D eigenvalue weighted by Gasteiger charge is 2.50. The van der Waals surface area contributed by atoms with Crippen molar-refractivity contribution in [1.82, 2.24) is 10.2 Å².